The third-order valence-electron chi connectivity index (χ3n) is 3.04. The number of ketones is 1. The third kappa shape index (κ3) is 3.45. The largest absolute Gasteiger partial charge is 0.478 e. The topological polar surface area (TPSA) is 69.4 Å². The fourth-order valence-electron chi connectivity index (χ4n) is 2.10. The summed E-state index contributed by atoms with van der Waals surface area (Å²) >= 11 is 0. The zero-order valence-electron chi connectivity index (χ0n) is 11.8. The van der Waals surface area contributed by atoms with Crippen LogP contribution in [-0.2, 0) is 0 Å². The van der Waals surface area contributed by atoms with Crippen LogP contribution >= 0.6 is 0 Å². The zero-order valence-corrected chi connectivity index (χ0v) is 11.8. The smallest absolute Gasteiger partial charge is 0.311 e. The van der Waals surface area contributed by atoms with Gasteiger partial charge in [-0.15, -0.1) is 0 Å². The SMILES string of the molecule is Cc1cc(C)c(OCC(=O)c2ccccc2)c([N+](=O)[O-])c1. The molecule has 0 bridgehead atoms. The quantitative estimate of drug-likeness (QED) is 0.479. The predicted octanol–water partition coefficient (Wildman–Crippen LogP) is 3.47. The Kier molecular flexibility index (Phi) is 4.33. The molecule has 2 rings (SSSR count). The van der Waals surface area contributed by atoms with Crippen LogP contribution in [0, 0.1) is 24.0 Å². The molecule has 0 unspecified atom stereocenters. The molecule has 0 saturated heterocycles. The van der Waals surface area contributed by atoms with E-state index in [0.29, 0.717) is 11.1 Å². The Morgan fingerprint density at radius 1 is 1.19 bits per heavy atom. The number of hydrogen-bond acceptors (Lipinski definition) is 4. The number of hydrogen-bond donors (Lipinski definition) is 0. The van der Waals surface area contributed by atoms with E-state index in [0.717, 1.165) is 5.56 Å². The number of Topliss-reactive ketones (excluding diaryl/α,β-unsaturated/α-hetero) is 1. The number of benzene rings is 2. The first-order chi connectivity index (χ1) is 9.99. The molecule has 0 radical (unpaired) electrons. The normalized spacial score (nSPS) is 10.2. The van der Waals surface area contributed by atoms with Crippen LogP contribution in [-0.4, -0.2) is 17.3 Å². The van der Waals surface area contributed by atoms with Gasteiger partial charge in [0.1, 0.15) is 0 Å². The Morgan fingerprint density at radius 3 is 2.48 bits per heavy atom. The molecular weight excluding hydrogens is 270 g/mol. The highest BCUT2D eigenvalue weighted by atomic mass is 16.6. The van der Waals surface area contributed by atoms with Crippen LogP contribution in [0.5, 0.6) is 5.75 Å². The molecule has 0 saturated carbocycles. The number of carbonyl (C=O) groups is 1. The lowest BCUT2D eigenvalue weighted by Gasteiger charge is -2.10. The first kappa shape index (κ1) is 14.7. The van der Waals surface area contributed by atoms with Gasteiger partial charge in [-0.1, -0.05) is 36.4 Å². The number of nitro groups is 1. The monoisotopic (exact) mass is 285 g/mol. The van der Waals surface area contributed by atoms with Crippen LogP contribution in [0.4, 0.5) is 5.69 Å². The lowest BCUT2D eigenvalue weighted by atomic mass is 10.1. The highest BCUT2D eigenvalue weighted by Gasteiger charge is 2.19. The van der Waals surface area contributed by atoms with Gasteiger partial charge in [0, 0.05) is 11.6 Å². The first-order valence-corrected chi connectivity index (χ1v) is 6.45. The zero-order chi connectivity index (χ0) is 15.4. The molecule has 21 heavy (non-hydrogen) atoms. The minimum Gasteiger partial charge on any atom is -0.478 e. The molecule has 0 aliphatic heterocycles. The van der Waals surface area contributed by atoms with Crippen molar-refractivity contribution in [2.45, 2.75) is 13.8 Å². The summed E-state index contributed by atoms with van der Waals surface area (Å²) in [6.45, 7) is 3.27. The average molecular weight is 285 g/mol. The molecule has 2 aromatic rings. The summed E-state index contributed by atoms with van der Waals surface area (Å²) in [6, 6.07) is 11.9. The van der Waals surface area contributed by atoms with E-state index in [4.69, 9.17) is 4.74 Å². The van der Waals surface area contributed by atoms with Crippen molar-refractivity contribution >= 4 is 11.5 Å². The highest BCUT2D eigenvalue weighted by molar-refractivity contribution is 5.97. The molecule has 0 N–H and O–H groups in total. The van der Waals surface area contributed by atoms with Crippen LogP contribution < -0.4 is 4.74 Å². The summed E-state index contributed by atoms with van der Waals surface area (Å²) in [4.78, 5) is 22.6. The first-order valence-electron chi connectivity index (χ1n) is 6.45. The molecule has 5 nitrogen and oxygen atoms in total. The Labute approximate surface area is 122 Å². The van der Waals surface area contributed by atoms with E-state index in [1.54, 1.807) is 44.2 Å². The Balaban J connectivity index is 2.21. The minimum absolute atomic E-state index is 0.117. The molecule has 2 aromatic carbocycles. The van der Waals surface area contributed by atoms with Gasteiger partial charge in [-0.05, 0) is 25.0 Å². The summed E-state index contributed by atoms with van der Waals surface area (Å²) < 4.78 is 5.41. The van der Waals surface area contributed by atoms with E-state index in [-0.39, 0.29) is 23.8 Å². The van der Waals surface area contributed by atoms with Crippen molar-refractivity contribution in [1.29, 1.82) is 0 Å². The number of carbonyl (C=O) groups excluding carboxylic acids is 1. The second-order valence-electron chi connectivity index (χ2n) is 4.77. The van der Waals surface area contributed by atoms with Crippen molar-refractivity contribution in [2.75, 3.05) is 6.61 Å². The van der Waals surface area contributed by atoms with Crippen LogP contribution in [0.1, 0.15) is 21.5 Å². The third-order valence-corrected chi connectivity index (χ3v) is 3.04. The van der Waals surface area contributed by atoms with Gasteiger partial charge >= 0.3 is 5.69 Å². The minimum atomic E-state index is -0.498. The summed E-state index contributed by atoms with van der Waals surface area (Å²) in [6.07, 6.45) is 0. The molecule has 108 valence electrons. The Morgan fingerprint density at radius 2 is 1.86 bits per heavy atom. The summed E-state index contributed by atoms with van der Waals surface area (Å²) in [5.74, 6) is -0.0697. The molecule has 0 spiro atoms. The Bertz CT molecular complexity index is 680. The fourth-order valence-corrected chi connectivity index (χ4v) is 2.10. The van der Waals surface area contributed by atoms with Gasteiger partial charge in [0.25, 0.3) is 0 Å². The maximum Gasteiger partial charge on any atom is 0.311 e. The summed E-state index contributed by atoms with van der Waals surface area (Å²) in [5.41, 5.74) is 1.82. The summed E-state index contributed by atoms with van der Waals surface area (Å²) in [5, 5.41) is 11.1. The summed E-state index contributed by atoms with van der Waals surface area (Å²) in [7, 11) is 0. The molecule has 5 heteroatoms. The van der Waals surface area contributed by atoms with Crippen molar-refractivity contribution < 1.29 is 14.5 Å². The fraction of sp³-hybridized carbons (Fsp3) is 0.188. The molecule has 0 amide bonds. The van der Waals surface area contributed by atoms with Crippen LogP contribution in [0.15, 0.2) is 42.5 Å². The standard InChI is InChI=1S/C16H15NO4/c1-11-8-12(2)16(14(9-11)17(19)20)21-10-15(18)13-6-4-3-5-7-13/h3-9H,10H2,1-2H3. The van der Waals surface area contributed by atoms with Crippen molar-refractivity contribution in [3.63, 3.8) is 0 Å². The molecular formula is C16H15NO4. The number of aryl methyl sites for hydroxylation is 2. The lowest BCUT2D eigenvalue weighted by Crippen LogP contribution is -2.13. The van der Waals surface area contributed by atoms with Gasteiger partial charge in [-0.25, -0.2) is 0 Å². The second-order valence-corrected chi connectivity index (χ2v) is 4.77. The maximum atomic E-state index is 12.0. The number of rotatable bonds is 5. The molecule has 0 aliphatic carbocycles. The van der Waals surface area contributed by atoms with Gasteiger partial charge in [0.2, 0.25) is 5.75 Å². The maximum absolute atomic E-state index is 12.0. The predicted molar refractivity (Wildman–Crippen MR) is 78.8 cm³/mol. The van der Waals surface area contributed by atoms with Gasteiger partial charge in [-0.3, -0.25) is 14.9 Å². The van der Waals surface area contributed by atoms with Crippen LogP contribution in [0.25, 0.3) is 0 Å². The highest BCUT2D eigenvalue weighted by Crippen LogP contribution is 2.32. The van der Waals surface area contributed by atoms with E-state index in [1.165, 1.54) is 6.07 Å². The van der Waals surface area contributed by atoms with E-state index >= 15 is 0 Å². The average Bonchev–Trinajstić information content (AvgIpc) is 2.46. The van der Waals surface area contributed by atoms with E-state index in [1.807, 2.05) is 6.07 Å². The van der Waals surface area contributed by atoms with E-state index in [2.05, 4.69) is 0 Å². The molecule has 0 fully saturated rings. The van der Waals surface area contributed by atoms with Crippen molar-refractivity contribution in [3.05, 3.63) is 69.3 Å². The van der Waals surface area contributed by atoms with Gasteiger partial charge in [0.15, 0.2) is 12.4 Å². The van der Waals surface area contributed by atoms with Crippen LogP contribution in [0.3, 0.4) is 0 Å². The van der Waals surface area contributed by atoms with E-state index in [9.17, 15) is 14.9 Å². The van der Waals surface area contributed by atoms with Crippen LogP contribution in [0.2, 0.25) is 0 Å². The number of nitrogens with zero attached hydrogens (tertiary/aromatic N) is 1. The molecule has 0 heterocycles. The molecule has 0 atom stereocenters. The van der Waals surface area contributed by atoms with E-state index < -0.39 is 4.92 Å². The van der Waals surface area contributed by atoms with Gasteiger partial charge in [-0.2, -0.15) is 0 Å². The van der Waals surface area contributed by atoms with Gasteiger partial charge < -0.3 is 4.74 Å². The second kappa shape index (κ2) is 6.17. The Hall–Kier alpha value is -2.69. The van der Waals surface area contributed by atoms with Crippen molar-refractivity contribution in [3.8, 4) is 5.75 Å². The van der Waals surface area contributed by atoms with Crippen molar-refractivity contribution in [1.82, 2.24) is 0 Å². The van der Waals surface area contributed by atoms with Gasteiger partial charge in [0.05, 0.1) is 4.92 Å². The van der Waals surface area contributed by atoms with Crippen molar-refractivity contribution in [2.24, 2.45) is 0 Å². The lowest BCUT2D eigenvalue weighted by molar-refractivity contribution is -0.385. The molecule has 0 aliphatic rings. The molecule has 0 aromatic heterocycles. The number of ether oxygens (including phenoxy) is 1. The number of nitro benzene ring substituents is 1.